The van der Waals surface area contributed by atoms with Gasteiger partial charge in [-0.2, -0.15) is 5.10 Å². The number of anilines is 1. The van der Waals surface area contributed by atoms with Gasteiger partial charge in [0.05, 0.1) is 28.3 Å². The Bertz CT molecular complexity index is 1820. The van der Waals surface area contributed by atoms with Crippen molar-refractivity contribution in [3.05, 3.63) is 81.9 Å². The molecule has 1 N–H and O–H groups in total. The predicted octanol–water partition coefficient (Wildman–Crippen LogP) is 7.43. The van der Waals surface area contributed by atoms with E-state index in [0.717, 1.165) is 26.1 Å². The van der Waals surface area contributed by atoms with Crippen molar-refractivity contribution in [1.29, 1.82) is 0 Å². The number of allylic oxidation sites excluding steroid dienone is 3. The van der Waals surface area contributed by atoms with Gasteiger partial charge in [0.1, 0.15) is 11.5 Å². The van der Waals surface area contributed by atoms with Crippen molar-refractivity contribution in [3.63, 3.8) is 0 Å². The van der Waals surface area contributed by atoms with E-state index in [9.17, 15) is 14.7 Å². The van der Waals surface area contributed by atoms with Crippen LogP contribution in [0.4, 0.5) is 5.82 Å². The lowest BCUT2D eigenvalue weighted by Gasteiger charge is -2.40. The summed E-state index contributed by atoms with van der Waals surface area (Å²) < 4.78 is 8.01. The van der Waals surface area contributed by atoms with Gasteiger partial charge in [0.15, 0.2) is 11.5 Å². The molecular formula is C31H27Cl2N3O4S. The monoisotopic (exact) mass is 607 g/mol. The van der Waals surface area contributed by atoms with Crippen molar-refractivity contribution < 1.29 is 19.4 Å². The quantitative estimate of drug-likeness (QED) is 0.238. The third kappa shape index (κ3) is 3.95. The van der Waals surface area contributed by atoms with E-state index < -0.39 is 17.3 Å². The molecule has 41 heavy (non-hydrogen) atoms. The number of aromatic hydroxyl groups is 1. The van der Waals surface area contributed by atoms with Crippen LogP contribution in [0.25, 0.3) is 20.7 Å². The van der Waals surface area contributed by atoms with E-state index in [1.807, 2.05) is 38.1 Å². The average molecular weight is 609 g/mol. The molecule has 6 rings (SSSR count). The number of fused-ring (bicyclic) bond motifs is 2. The molecule has 2 aromatic heterocycles. The number of ether oxygens (including phenoxy) is 1. The molecule has 3 unspecified atom stereocenters. The Hall–Kier alpha value is -3.59. The van der Waals surface area contributed by atoms with E-state index in [-0.39, 0.29) is 28.3 Å². The largest absolute Gasteiger partial charge is 0.503 e. The molecule has 1 aliphatic carbocycles. The molecule has 1 aliphatic heterocycles. The Kier molecular flexibility index (Phi) is 6.56. The van der Waals surface area contributed by atoms with Gasteiger partial charge in [-0.15, -0.1) is 11.3 Å². The second-order valence-electron chi connectivity index (χ2n) is 10.7. The molecule has 3 heterocycles. The molecule has 3 atom stereocenters. The fourth-order valence-electron chi connectivity index (χ4n) is 6.38. The van der Waals surface area contributed by atoms with E-state index in [1.165, 1.54) is 12.0 Å². The number of aromatic nitrogens is 2. The standard InChI is InChI=1S/C31H27Cl2N3O4S/c1-6-16-7-9-20-29(38)36(30(39)31(20,3)26(16)17-11-21(33)27(37)23(12-17)40-5)25-14-22(34-35(25)4)28-15(2)19-13-18(32)8-10-24(19)41-28/h6-8,10-14,20,26,37H,1,9H2,2-5H3. The number of hydrogen-bond donors (Lipinski definition) is 1. The van der Waals surface area contributed by atoms with Crippen molar-refractivity contribution in [2.45, 2.75) is 26.2 Å². The summed E-state index contributed by atoms with van der Waals surface area (Å²) in [6, 6.07) is 10.9. The summed E-state index contributed by atoms with van der Waals surface area (Å²) in [5.74, 6) is -1.37. The van der Waals surface area contributed by atoms with Crippen LogP contribution in [0.2, 0.25) is 10.0 Å². The Morgan fingerprint density at radius 3 is 2.68 bits per heavy atom. The topological polar surface area (TPSA) is 84.7 Å². The zero-order valence-electron chi connectivity index (χ0n) is 22.9. The summed E-state index contributed by atoms with van der Waals surface area (Å²) in [6.45, 7) is 7.82. The lowest BCUT2D eigenvalue weighted by Crippen LogP contribution is -2.42. The number of phenols is 1. The minimum atomic E-state index is -1.14. The number of aryl methyl sites for hydroxylation is 2. The Labute approximate surface area is 251 Å². The van der Waals surface area contributed by atoms with Crippen molar-refractivity contribution in [2.75, 3.05) is 12.0 Å². The average Bonchev–Trinajstić information content (AvgIpc) is 3.54. The molecule has 0 bridgehead atoms. The molecule has 7 nitrogen and oxygen atoms in total. The first kappa shape index (κ1) is 27.6. The first-order valence-corrected chi connectivity index (χ1v) is 14.6. The molecule has 4 aromatic rings. The second-order valence-corrected chi connectivity index (χ2v) is 12.5. The van der Waals surface area contributed by atoms with Gasteiger partial charge in [-0.3, -0.25) is 14.3 Å². The molecule has 0 spiro atoms. The van der Waals surface area contributed by atoms with Crippen LogP contribution in [0.3, 0.4) is 0 Å². The van der Waals surface area contributed by atoms with Crippen LogP contribution in [-0.4, -0.2) is 33.8 Å². The maximum Gasteiger partial charge on any atom is 0.242 e. The normalized spacial score (nSPS) is 22.3. The Morgan fingerprint density at radius 1 is 1.22 bits per heavy atom. The minimum absolute atomic E-state index is 0.0957. The van der Waals surface area contributed by atoms with Gasteiger partial charge in [0.2, 0.25) is 11.8 Å². The van der Waals surface area contributed by atoms with Crippen LogP contribution >= 0.6 is 34.5 Å². The SMILES string of the molecule is C=CC1=CCC2C(=O)N(c3cc(-c4sc5ccc(Cl)cc5c4C)nn3C)C(=O)C2(C)C1c1cc(Cl)c(O)c(OC)c1. The minimum Gasteiger partial charge on any atom is -0.503 e. The van der Waals surface area contributed by atoms with Gasteiger partial charge in [-0.05, 0) is 72.7 Å². The number of amides is 2. The van der Waals surface area contributed by atoms with Gasteiger partial charge in [0, 0.05) is 28.8 Å². The smallest absolute Gasteiger partial charge is 0.242 e. The number of methoxy groups -OCH3 is 1. The molecule has 1 fully saturated rings. The van der Waals surface area contributed by atoms with Crippen molar-refractivity contribution >= 4 is 62.3 Å². The Morgan fingerprint density at radius 2 is 1.98 bits per heavy atom. The lowest BCUT2D eigenvalue weighted by molar-refractivity contribution is -0.127. The van der Waals surface area contributed by atoms with Crippen molar-refractivity contribution in [1.82, 2.24) is 9.78 Å². The highest BCUT2D eigenvalue weighted by atomic mass is 35.5. The number of rotatable bonds is 5. The summed E-state index contributed by atoms with van der Waals surface area (Å²) in [7, 11) is 3.17. The first-order valence-electron chi connectivity index (χ1n) is 13.0. The molecule has 2 aliphatic rings. The summed E-state index contributed by atoms with van der Waals surface area (Å²) in [6.07, 6.45) is 4.05. The number of phenolic OH excluding ortho intramolecular Hbond substituents is 1. The molecule has 2 amide bonds. The first-order chi connectivity index (χ1) is 19.5. The van der Waals surface area contributed by atoms with Crippen LogP contribution in [0.5, 0.6) is 11.5 Å². The van der Waals surface area contributed by atoms with Crippen LogP contribution in [0.1, 0.15) is 30.4 Å². The maximum absolute atomic E-state index is 14.4. The predicted molar refractivity (Wildman–Crippen MR) is 163 cm³/mol. The summed E-state index contributed by atoms with van der Waals surface area (Å²) >= 11 is 14.2. The summed E-state index contributed by atoms with van der Waals surface area (Å²) in [5.41, 5.74) is 2.02. The second kappa shape index (κ2) is 9.76. The van der Waals surface area contributed by atoms with Gasteiger partial charge >= 0.3 is 0 Å². The summed E-state index contributed by atoms with van der Waals surface area (Å²) in [4.78, 5) is 30.7. The Balaban J connectivity index is 1.46. The number of thiophene rings is 1. The van der Waals surface area contributed by atoms with E-state index >= 15 is 0 Å². The molecular weight excluding hydrogens is 581 g/mol. The molecule has 210 valence electrons. The highest BCUT2D eigenvalue weighted by molar-refractivity contribution is 7.22. The molecule has 2 aromatic carbocycles. The number of carbonyl (C=O) groups is 2. The third-order valence-electron chi connectivity index (χ3n) is 8.48. The maximum atomic E-state index is 14.4. The van der Waals surface area contributed by atoms with Crippen LogP contribution in [-0.2, 0) is 16.6 Å². The van der Waals surface area contributed by atoms with Crippen LogP contribution < -0.4 is 9.64 Å². The van der Waals surface area contributed by atoms with Crippen LogP contribution in [0, 0.1) is 18.3 Å². The fraction of sp³-hybridized carbons (Fsp3) is 0.258. The number of carbonyl (C=O) groups excluding carboxylic acids is 2. The van der Waals surface area contributed by atoms with Crippen LogP contribution in [0.15, 0.2) is 60.7 Å². The third-order valence-corrected chi connectivity index (χ3v) is 10.3. The van der Waals surface area contributed by atoms with Crippen molar-refractivity contribution in [3.8, 4) is 22.1 Å². The fourth-order valence-corrected chi connectivity index (χ4v) is 7.92. The number of hydrogen-bond acceptors (Lipinski definition) is 6. The van der Waals surface area contributed by atoms with Gasteiger partial charge in [-0.1, -0.05) is 41.9 Å². The van der Waals surface area contributed by atoms with Gasteiger partial charge in [-0.25, -0.2) is 4.90 Å². The van der Waals surface area contributed by atoms with Gasteiger partial charge < -0.3 is 9.84 Å². The molecule has 0 radical (unpaired) electrons. The molecule has 10 heteroatoms. The van der Waals surface area contributed by atoms with Gasteiger partial charge in [0.25, 0.3) is 0 Å². The van der Waals surface area contributed by atoms with E-state index in [2.05, 4.69) is 6.58 Å². The lowest BCUT2D eigenvalue weighted by atomic mass is 9.60. The zero-order valence-corrected chi connectivity index (χ0v) is 25.2. The van der Waals surface area contributed by atoms with E-state index in [4.69, 9.17) is 33.0 Å². The number of benzene rings is 2. The highest BCUT2D eigenvalue weighted by Gasteiger charge is 2.62. The number of nitrogens with zero attached hydrogens (tertiary/aromatic N) is 3. The van der Waals surface area contributed by atoms with E-state index in [0.29, 0.717) is 28.5 Å². The highest BCUT2D eigenvalue weighted by Crippen LogP contribution is 2.58. The molecule has 0 saturated carbocycles. The van der Waals surface area contributed by atoms with Crippen molar-refractivity contribution in [2.24, 2.45) is 18.4 Å². The molecule has 1 saturated heterocycles. The zero-order chi connectivity index (χ0) is 29.4. The summed E-state index contributed by atoms with van der Waals surface area (Å²) in [5, 5.41) is 16.9. The number of imide groups is 1. The van der Waals surface area contributed by atoms with E-state index in [1.54, 1.807) is 47.3 Å². The number of halogens is 2.